The average Bonchev–Trinajstić information content (AvgIpc) is 2.39. The van der Waals surface area contributed by atoms with E-state index in [0.29, 0.717) is 0 Å². The van der Waals surface area contributed by atoms with Crippen molar-refractivity contribution in [1.82, 2.24) is 9.97 Å². The molecular formula is C12H16ClN3O4. The number of hydrogen-bond donors (Lipinski definition) is 1. The smallest absolute Gasteiger partial charge is 0.343 e. The Morgan fingerprint density at radius 2 is 2.00 bits per heavy atom. The summed E-state index contributed by atoms with van der Waals surface area (Å²) in [6, 6.07) is -0.686. The highest BCUT2D eigenvalue weighted by Crippen LogP contribution is 2.16. The second-order valence-corrected chi connectivity index (χ2v) is 4.08. The summed E-state index contributed by atoms with van der Waals surface area (Å²) in [5.41, 5.74) is 0.104. The molecule has 20 heavy (non-hydrogen) atoms. The van der Waals surface area contributed by atoms with Gasteiger partial charge in [0.1, 0.15) is 17.4 Å². The second kappa shape index (κ2) is 7.64. The van der Waals surface area contributed by atoms with E-state index in [1.54, 1.807) is 20.8 Å². The lowest BCUT2D eigenvalue weighted by Crippen LogP contribution is -2.29. The second-order valence-electron chi connectivity index (χ2n) is 3.74. The molecule has 1 aromatic rings. The molecule has 0 bridgehead atoms. The number of hydrogen-bond acceptors (Lipinski definition) is 7. The molecule has 0 amide bonds. The number of rotatable bonds is 6. The minimum absolute atomic E-state index is 0.0448. The molecule has 1 N–H and O–H groups in total. The van der Waals surface area contributed by atoms with Crippen molar-refractivity contribution in [3.63, 3.8) is 0 Å². The molecule has 0 radical (unpaired) electrons. The number of carbonyl (C=O) groups is 2. The summed E-state index contributed by atoms with van der Waals surface area (Å²) in [7, 11) is 0. The molecule has 0 unspecified atom stereocenters. The maximum Gasteiger partial charge on any atom is 0.343 e. The van der Waals surface area contributed by atoms with Crippen molar-refractivity contribution in [2.75, 3.05) is 18.5 Å². The molecule has 0 aromatic carbocycles. The monoisotopic (exact) mass is 301 g/mol. The van der Waals surface area contributed by atoms with Crippen LogP contribution in [0.2, 0.25) is 5.28 Å². The minimum Gasteiger partial charge on any atom is -0.464 e. The number of ether oxygens (including phenoxy) is 2. The highest BCUT2D eigenvalue weighted by molar-refractivity contribution is 6.28. The molecule has 0 saturated carbocycles. The van der Waals surface area contributed by atoms with E-state index in [9.17, 15) is 9.59 Å². The van der Waals surface area contributed by atoms with Gasteiger partial charge in [0.25, 0.3) is 0 Å². The van der Waals surface area contributed by atoms with Gasteiger partial charge in [-0.25, -0.2) is 14.6 Å². The van der Waals surface area contributed by atoms with E-state index in [2.05, 4.69) is 15.3 Å². The SMILES string of the molecule is CCOC(=O)c1cnc(Cl)nc1N[C@@H](C)C(=O)OCC. The standard InChI is InChI=1S/C12H16ClN3O4/c1-4-19-10(17)7(3)15-9-8(11(18)20-5-2)6-14-12(13)16-9/h6-7H,4-5H2,1-3H3,(H,14,15,16)/t7-/m0/s1. The zero-order valence-corrected chi connectivity index (χ0v) is 12.2. The number of halogens is 1. The third kappa shape index (κ3) is 4.34. The summed E-state index contributed by atoms with van der Waals surface area (Å²) in [5.74, 6) is -0.927. The van der Waals surface area contributed by atoms with Crippen LogP contribution in [-0.2, 0) is 14.3 Å². The van der Waals surface area contributed by atoms with E-state index in [0.717, 1.165) is 0 Å². The Morgan fingerprint density at radius 1 is 1.35 bits per heavy atom. The van der Waals surface area contributed by atoms with Crippen molar-refractivity contribution in [3.8, 4) is 0 Å². The first-order valence-electron chi connectivity index (χ1n) is 6.12. The zero-order chi connectivity index (χ0) is 15.1. The molecule has 1 rings (SSSR count). The first-order chi connectivity index (χ1) is 9.49. The fraction of sp³-hybridized carbons (Fsp3) is 0.500. The Bertz CT molecular complexity index is 496. The predicted molar refractivity (Wildman–Crippen MR) is 72.7 cm³/mol. The van der Waals surface area contributed by atoms with Crippen LogP contribution in [0.5, 0.6) is 0 Å². The van der Waals surface area contributed by atoms with Gasteiger partial charge < -0.3 is 14.8 Å². The van der Waals surface area contributed by atoms with E-state index < -0.39 is 18.0 Å². The Hall–Kier alpha value is -1.89. The molecule has 110 valence electrons. The molecule has 0 aliphatic rings. The van der Waals surface area contributed by atoms with Crippen LogP contribution in [0.3, 0.4) is 0 Å². The highest BCUT2D eigenvalue weighted by Gasteiger charge is 2.20. The van der Waals surface area contributed by atoms with Crippen LogP contribution in [-0.4, -0.2) is 41.2 Å². The Kier molecular flexibility index (Phi) is 6.17. The molecule has 0 fully saturated rings. The van der Waals surface area contributed by atoms with Gasteiger partial charge in [-0.2, -0.15) is 4.98 Å². The van der Waals surface area contributed by atoms with Gasteiger partial charge in [-0.1, -0.05) is 0 Å². The van der Waals surface area contributed by atoms with Crippen molar-refractivity contribution < 1.29 is 19.1 Å². The largest absolute Gasteiger partial charge is 0.464 e. The maximum absolute atomic E-state index is 11.8. The van der Waals surface area contributed by atoms with Crippen LogP contribution in [0.1, 0.15) is 31.1 Å². The maximum atomic E-state index is 11.8. The molecule has 0 aliphatic heterocycles. The fourth-order valence-electron chi connectivity index (χ4n) is 1.36. The molecule has 0 aliphatic carbocycles. The number of aromatic nitrogens is 2. The number of carbonyl (C=O) groups excluding carboxylic acids is 2. The van der Waals surface area contributed by atoms with Gasteiger partial charge in [-0.3, -0.25) is 0 Å². The van der Waals surface area contributed by atoms with Crippen LogP contribution >= 0.6 is 11.6 Å². The summed E-state index contributed by atoms with van der Waals surface area (Å²) in [6.45, 7) is 5.45. The summed E-state index contributed by atoms with van der Waals surface area (Å²) >= 11 is 5.69. The van der Waals surface area contributed by atoms with Gasteiger partial charge in [-0.15, -0.1) is 0 Å². The summed E-state index contributed by atoms with van der Waals surface area (Å²) in [4.78, 5) is 30.9. The lowest BCUT2D eigenvalue weighted by atomic mass is 10.2. The van der Waals surface area contributed by atoms with E-state index in [1.165, 1.54) is 6.20 Å². The van der Waals surface area contributed by atoms with E-state index in [4.69, 9.17) is 21.1 Å². The van der Waals surface area contributed by atoms with E-state index in [-0.39, 0.29) is 29.9 Å². The lowest BCUT2D eigenvalue weighted by molar-refractivity contribution is -0.143. The summed E-state index contributed by atoms with van der Waals surface area (Å²) in [5, 5.41) is 2.72. The van der Waals surface area contributed by atoms with Crippen molar-refractivity contribution in [2.45, 2.75) is 26.8 Å². The Balaban J connectivity index is 2.95. The quantitative estimate of drug-likeness (QED) is 0.631. The lowest BCUT2D eigenvalue weighted by Gasteiger charge is -2.15. The summed E-state index contributed by atoms with van der Waals surface area (Å²) in [6.07, 6.45) is 1.24. The zero-order valence-electron chi connectivity index (χ0n) is 11.5. The predicted octanol–water partition coefficient (Wildman–Crippen LogP) is 1.67. The van der Waals surface area contributed by atoms with Gasteiger partial charge in [-0.05, 0) is 32.4 Å². The first kappa shape index (κ1) is 16.2. The van der Waals surface area contributed by atoms with Crippen LogP contribution < -0.4 is 5.32 Å². The van der Waals surface area contributed by atoms with Gasteiger partial charge in [0.15, 0.2) is 0 Å². The van der Waals surface area contributed by atoms with Crippen molar-refractivity contribution >= 4 is 29.4 Å². The van der Waals surface area contributed by atoms with Crippen LogP contribution in [0.4, 0.5) is 5.82 Å². The summed E-state index contributed by atoms with van der Waals surface area (Å²) < 4.78 is 9.74. The Labute approximate surface area is 121 Å². The van der Waals surface area contributed by atoms with Gasteiger partial charge in [0.05, 0.1) is 13.2 Å². The highest BCUT2D eigenvalue weighted by atomic mass is 35.5. The van der Waals surface area contributed by atoms with Crippen LogP contribution in [0.25, 0.3) is 0 Å². The van der Waals surface area contributed by atoms with Crippen molar-refractivity contribution in [2.24, 2.45) is 0 Å². The normalized spacial score (nSPS) is 11.6. The number of nitrogens with one attached hydrogen (secondary N) is 1. The van der Waals surface area contributed by atoms with Gasteiger partial charge in [0, 0.05) is 6.20 Å². The molecule has 0 saturated heterocycles. The minimum atomic E-state index is -0.686. The molecule has 1 heterocycles. The van der Waals surface area contributed by atoms with E-state index >= 15 is 0 Å². The van der Waals surface area contributed by atoms with Crippen molar-refractivity contribution in [3.05, 3.63) is 17.0 Å². The molecule has 8 heteroatoms. The number of nitrogens with zero attached hydrogens (tertiary/aromatic N) is 2. The molecule has 1 atom stereocenters. The van der Waals surface area contributed by atoms with Gasteiger partial charge >= 0.3 is 11.9 Å². The third-order valence-corrected chi connectivity index (χ3v) is 2.43. The molecular weight excluding hydrogens is 286 g/mol. The van der Waals surface area contributed by atoms with Crippen LogP contribution in [0, 0.1) is 0 Å². The number of anilines is 1. The fourth-order valence-corrected chi connectivity index (χ4v) is 1.49. The average molecular weight is 302 g/mol. The molecule has 1 aromatic heterocycles. The van der Waals surface area contributed by atoms with Crippen LogP contribution in [0.15, 0.2) is 6.20 Å². The molecule has 0 spiro atoms. The van der Waals surface area contributed by atoms with Gasteiger partial charge in [0.2, 0.25) is 5.28 Å². The number of esters is 2. The third-order valence-electron chi connectivity index (χ3n) is 2.25. The Morgan fingerprint density at radius 3 is 2.60 bits per heavy atom. The molecule has 7 nitrogen and oxygen atoms in total. The van der Waals surface area contributed by atoms with Crippen molar-refractivity contribution in [1.29, 1.82) is 0 Å². The first-order valence-corrected chi connectivity index (χ1v) is 6.50. The van der Waals surface area contributed by atoms with E-state index in [1.807, 2.05) is 0 Å². The topological polar surface area (TPSA) is 90.4 Å².